The molecule has 138 valence electrons. The molecule has 1 aliphatic rings. The lowest BCUT2D eigenvalue weighted by Gasteiger charge is -2.40. The number of carboxylic acid groups (broad SMARTS) is 1. The standard InChI is InChI=1S/C19H27NO5/c1-24-11-10-19(8-5-9-19)18(23)20-13-15(17(21)22)12-14-6-3-4-7-16(14)25-2/h3-4,6-7,15H,5,8-13H2,1-2H3,(H,20,23)(H,21,22). The van der Waals surface area contributed by atoms with Crippen molar-refractivity contribution in [2.75, 3.05) is 27.4 Å². The van der Waals surface area contributed by atoms with Crippen LogP contribution in [0.25, 0.3) is 0 Å². The fourth-order valence-electron chi connectivity index (χ4n) is 3.28. The van der Waals surface area contributed by atoms with Crippen LogP contribution < -0.4 is 10.1 Å². The van der Waals surface area contributed by atoms with Gasteiger partial charge in [-0.3, -0.25) is 9.59 Å². The van der Waals surface area contributed by atoms with E-state index in [-0.39, 0.29) is 17.9 Å². The van der Waals surface area contributed by atoms with Crippen LogP contribution >= 0.6 is 0 Å². The molecule has 25 heavy (non-hydrogen) atoms. The normalized spacial score (nSPS) is 16.6. The van der Waals surface area contributed by atoms with E-state index in [2.05, 4.69) is 5.32 Å². The molecule has 0 heterocycles. The molecule has 0 radical (unpaired) electrons. The van der Waals surface area contributed by atoms with E-state index in [9.17, 15) is 14.7 Å². The largest absolute Gasteiger partial charge is 0.496 e. The molecule has 1 fully saturated rings. The number of ether oxygens (including phenoxy) is 2. The lowest BCUT2D eigenvalue weighted by atomic mass is 9.66. The van der Waals surface area contributed by atoms with E-state index in [0.717, 1.165) is 24.8 Å². The Hall–Kier alpha value is -2.08. The maximum atomic E-state index is 12.6. The van der Waals surface area contributed by atoms with Gasteiger partial charge in [-0.05, 0) is 37.3 Å². The average Bonchev–Trinajstić information content (AvgIpc) is 2.57. The van der Waals surface area contributed by atoms with E-state index in [0.29, 0.717) is 25.2 Å². The molecule has 6 heteroatoms. The molecule has 1 aromatic carbocycles. The van der Waals surface area contributed by atoms with Crippen molar-refractivity contribution >= 4 is 11.9 Å². The van der Waals surface area contributed by atoms with Gasteiger partial charge < -0.3 is 19.9 Å². The third-order valence-corrected chi connectivity index (χ3v) is 5.09. The zero-order valence-corrected chi connectivity index (χ0v) is 14.9. The fourth-order valence-corrected chi connectivity index (χ4v) is 3.28. The predicted molar refractivity (Wildman–Crippen MR) is 93.6 cm³/mol. The Morgan fingerprint density at radius 3 is 2.56 bits per heavy atom. The van der Waals surface area contributed by atoms with Crippen LogP contribution in [0.2, 0.25) is 0 Å². The second-order valence-electron chi connectivity index (χ2n) is 6.64. The third kappa shape index (κ3) is 4.72. The maximum Gasteiger partial charge on any atom is 0.308 e. The molecule has 1 unspecified atom stereocenters. The number of carbonyl (C=O) groups excluding carboxylic acids is 1. The monoisotopic (exact) mass is 349 g/mol. The van der Waals surface area contributed by atoms with Gasteiger partial charge in [-0.25, -0.2) is 0 Å². The smallest absolute Gasteiger partial charge is 0.308 e. The summed E-state index contributed by atoms with van der Waals surface area (Å²) in [6, 6.07) is 7.35. The van der Waals surface area contributed by atoms with Gasteiger partial charge in [-0.15, -0.1) is 0 Å². The highest BCUT2D eigenvalue weighted by Crippen LogP contribution is 2.44. The lowest BCUT2D eigenvalue weighted by molar-refractivity contribution is -0.142. The second-order valence-corrected chi connectivity index (χ2v) is 6.64. The van der Waals surface area contributed by atoms with Crippen molar-refractivity contribution in [2.45, 2.75) is 32.1 Å². The van der Waals surface area contributed by atoms with Crippen LogP contribution in [0.5, 0.6) is 5.75 Å². The Balaban J connectivity index is 1.97. The molecular weight excluding hydrogens is 322 g/mol. The van der Waals surface area contributed by atoms with E-state index >= 15 is 0 Å². The Kier molecular flexibility index (Phi) is 6.82. The summed E-state index contributed by atoms with van der Waals surface area (Å²) in [5.74, 6) is -1.01. The molecule has 1 atom stereocenters. The number of nitrogens with one attached hydrogen (secondary N) is 1. The summed E-state index contributed by atoms with van der Waals surface area (Å²) in [5.41, 5.74) is 0.438. The summed E-state index contributed by atoms with van der Waals surface area (Å²) >= 11 is 0. The van der Waals surface area contributed by atoms with Gasteiger partial charge in [0.05, 0.1) is 18.4 Å². The van der Waals surface area contributed by atoms with Crippen molar-refractivity contribution in [2.24, 2.45) is 11.3 Å². The number of rotatable bonds is 10. The van der Waals surface area contributed by atoms with E-state index in [1.165, 1.54) is 0 Å². The van der Waals surface area contributed by atoms with E-state index in [4.69, 9.17) is 9.47 Å². The summed E-state index contributed by atoms with van der Waals surface area (Å²) in [7, 11) is 3.19. The van der Waals surface area contributed by atoms with E-state index in [1.54, 1.807) is 20.3 Å². The van der Waals surface area contributed by atoms with Gasteiger partial charge >= 0.3 is 5.97 Å². The van der Waals surface area contributed by atoms with Gasteiger partial charge in [0.15, 0.2) is 0 Å². The Labute approximate surface area is 148 Å². The molecule has 0 saturated heterocycles. The summed E-state index contributed by atoms with van der Waals surface area (Å²) in [4.78, 5) is 24.2. The quantitative estimate of drug-likeness (QED) is 0.677. The second kappa shape index (κ2) is 8.85. The number of carbonyl (C=O) groups is 2. The van der Waals surface area contributed by atoms with Crippen molar-refractivity contribution in [3.8, 4) is 5.75 Å². The molecule has 2 N–H and O–H groups in total. The predicted octanol–water partition coefficient (Wildman–Crippen LogP) is 2.26. The van der Waals surface area contributed by atoms with Crippen molar-refractivity contribution in [3.05, 3.63) is 29.8 Å². The van der Waals surface area contributed by atoms with Crippen LogP contribution in [0.1, 0.15) is 31.2 Å². The summed E-state index contributed by atoms with van der Waals surface area (Å²) in [6.07, 6.45) is 3.70. The van der Waals surface area contributed by atoms with Crippen molar-refractivity contribution in [1.82, 2.24) is 5.32 Å². The molecular formula is C19H27NO5. The molecule has 2 rings (SSSR count). The Bertz CT molecular complexity index is 597. The number of benzene rings is 1. The van der Waals surface area contributed by atoms with Crippen LogP contribution in [0.4, 0.5) is 0 Å². The first kappa shape index (κ1) is 19.2. The van der Waals surface area contributed by atoms with Gasteiger partial charge in [-0.1, -0.05) is 24.6 Å². The van der Waals surface area contributed by atoms with E-state index in [1.807, 2.05) is 18.2 Å². The number of amides is 1. The lowest BCUT2D eigenvalue weighted by Crippen LogP contribution is -2.48. The molecule has 1 aromatic rings. The van der Waals surface area contributed by atoms with Gasteiger partial charge in [-0.2, -0.15) is 0 Å². The van der Waals surface area contributed by atoms with Crippen LogP contribution in [-0.4, -0.2) is 44.4 Å². The first-order valence-corrected chi connectivity index (χ1v) is 8.64. The van der Waals surface area contributed by atoms with Gasteiger partial charge in [0, 0.05) is 20.3 Å². The molecule has 1 saturated carbocycles. The van der Waals surface area contributed by atoms with Crippen LogP contribution in [-0.2, 0) is 20.7 Å². The van der Waals surface area contributed by atoms with Crippen molar-refractivity contribution in [1.29, 1.82) is 0 Å². The minimum atomic E-state index is -0.925. The molecule has 6 nitrogen and oxygen atoms in total. The van der Waals surface area contributed by atoms with Gasteiger partial charge in [0.1, 0.15) is 5.75 Å². The molecule has 1 aliphatic carbocycles. The summed E-state index contributed by atoms with van der Waals surface area (Å²) in [6.45, 7) is 0.651. The van der Waals surface area contributed by atoms with Gasteiger partial charge in [0.25, 0.3) is 0 Å². The van der Waals surface area contributed by atoms with E-state index < -0.39 is 11.9 Å². The zero-order valence-electron chi connectivity index (χ0n) is 14.9. The number of methoxy groups -OCH3 is 2. The SMILES string of the molecule is COCCC1(C(=O)NCC(Cc2ccccc2OC)C(=O)O)CCC1. The Morgan fingerprint density at radius 2 is 2.00 bits per heavy atom. The van der Waals surface area contributed by atoms with Crippen molar-refractivity contribution < 1.29 is 24.2 Å². The molecule has 0 aliphatic heterocycles. The zero-order chi connectivity index (χ0) is 18.3. The fraction of sp³-hybridized carbons (Fsp3) is 0.579. The number of carboxylic acids is 1. The highest BCUT2D eigenvalue weighted by Gasteiger charge is 2.43. The van der Waals surface area contributed by atoms with Gasteiger partial charge in [0.2, 0.25) is 5.91 Å². The van der Waals surface area contributed by atoms with Crippen LogP contribution in [0, 0.1) is 11.3 Å². The van der Waals surface area contributed by atoms with Crippen molar-refractivity contribution in [3.63, 3.8) is 0 Å². The minimum Gasteiger partial charge on any atom is -0.496 e. The highest BCUT2D eigenvalue weighted by molar-refractivity contribution is 5.84. The third-order valence-electron chi connectivity index (χ3n) is 5.09. The maximum absolute atomic E-state index is 12.6. The number of hydrogen-bond acceptors (Lipinski definition) is 4. The molecule has 1 amide bonds. The summed E-state index contributed by atoms with van der Waals surface area (Å²) in [5, 5.41) is 12.4. The summed E-state index contributed by atoms with van der Waals surface area (Å²) < 4.78 is 10.4. The molecule has 0 bridgehead atoms. The first-order valence-electron chi connectivity index (χ1n) is 8.64. The van der Waals surface area contributed by atoms with Crippen LogP contribution in [0.15, 0.2) is 24.3 Å². The number of para-hydroxylation sites is 1. The number of hydrogen-bond donors (Lipinski definition) is 2. The topological polar surface area (TPSA) is 84.9 Å². The molecule has 0 spiro atoms. The Morgan fingerprint density at radius 1 is 1.28 bits per heavy atom. The average molecular weight is 349 g/mol. The number of aliphatic carboxylic acids is 1. The van der Waals surface area contributed by atoms with Crippen LogP contribution in [0.3, 0.4) is 0 Å². The minimum absolute atomic E-state index is 0.0536. The molecule has 0 aromatic heterocycles. The first-order chi connectivity index (χ1) is 12.0. The highest BCUT2D eigenvalue weighted by atomic mass is 16.5.